The fraction of sp³-hybridized carbons (Fsp3) is 0.357. The van der Waals surface area contributed by atoms with E-state index in [-0.39, 0.29) is 11.9 Å². The summed E-state index contributed by atoms with van der Waals surface area (Å²) < 4.78 is 13.8. The molecule has 1 atom stereocenters. The van der Waals surface area contributed by atoms with Gasteiger partial charge in [0, 0.05) is 10.9 Å². The molecular formula is C14H17FN2S. The minimum atomic E-state index is -0.196. The number of hydrogen-bond donors (Lipinski definition) is 1. The zero-order valence-corrected chi connectivity index (χ0v) is 11.6. The average molecular weight is 264 g/mol. The Bertz CT molecular complexity index is 522. The molecule has 0 radical (unpaired) electrons. The molecule has 2 rings (SSSR count). The van der Waals surface area contributed by atoms with Crippen LogP contribution in [-0.2, 0) is 0 Å². The molecule has 0 bridgehead atoms. The van der Waals surface area contributed by atoms with Gasteiger partial charge in [0.2, 0.25) is 0 Å². The summed E-state index contributed by atoms with van der Waals surface area (Å²) in [6.45, 7) is 4.21. The summed E-state index contributed by atoms with van der Waals surface area (Å²) in [7, 11) is 1.83. The molecule has 1 N–H and O–H groups in total. The molecule has 1 aromatic heterocycles. The molecular weight excluding hydrogens is 247 g/mol. The first-order chi connectivity index (χ1) is 8.63. The lowest BCUT2D eigenvalue weighted by atomic mass is 10.1. The van der Waals surface area contributed by atoms with E-state index in [0.29, 0.717) is 11.5 Å². The van der Waals surface area contributed by atoms with Crippen molar-refractivity contribution in [3.05, 3.63) is 51.7 Å². The number of rotatable bonds is 4. The summed E-state index contributed by atoms with van der Waals surface area (Å²) in [6, 6.07) is 6.65. The number of benzene rings is 1. The van der Waals surface area contributed by atoms with Crippen molar-refractivity contribution in [2.24, 2.45) is 0 Å². The van der Waals surface area contributed by atoms with Crippen LogP contribution in [0.1, 0.15) is 42.1 Å². The lowest BCUT2D eigenvalue weighted by Gasteiger charge is -2.14. The van der Waals surface area contributed by atoms with Crippen molar-refractivity contribution in [3.8, 4) is 0 Å². The Morgan fingerprint density at radius 1 is 1.28 bits per heavy atom. The van der Waals surface area contributed by atoms with Crippen molar-refractivity contribution in [1.29, 1.82) is 0 Å². The maximum atomic E-state index is 13.8. The van der Waals surface area contributed by atoms with E-state index in [1.807, 2.05) is 18.5 Å². The first kappa shape index (κ1) is 13.2. The Kier molecular flexibility index (Phi) is 4.09. The SMILES string of the molecule is CNC(c1nc(C(C)C)cs1)c1ccccc1F. The minimum absolute atomic E-state index is 0.177. The third-order valence-electron chi connectivity index (χ3n) is 2.88. The van der Waals surface area contributed by atoms with Crippen LogP contribution in [0, 0.1) is 5.82 Å². The van der Waals surface area contributed by atoms with Gasteiger partial charge in [0.25, 0.3) is 0 Å². The van der Waals surface area contributed by atoms with Gasteiger partial charge >= 0.3 is 0 Å². The lowest BCUT2D eigenvalue weighted by molar-refractivity contribution is 0.574. The highest BCUT2D eigenvalue weighted by Gasteiger charge is 2.19. The third-order valence-corrected chi connectivity index (χ3v) is 3.81. The number of nitrogens with zero attached hydrogens (tertiary/aromatic N) is 1. The van der Waals surface area contributed by atoms with Crippen molar-refractivity contribution >= 4 is 11.3 Å². The highest BCUT2D eigenvalue weighted by atomic mass is 32.1. The van der Waals surface area contributed by atoms with E-state index < -0.39 is 0 Å². The Morgan fingerprint density at radius 2 is 2.00 bits per heavy atom. The van der Waals surface area contributed by atoms with Gasteiger partial charge in [-0.05, 0) is 19.0 Å². The van der Waals surface area contributed by atoms with Crippen LogP contribution in [0.15, 0.2) is 29.6 Å². The van der Waals surface area contributed by atoms with Crippen molar-refractivity contribution in [2.75, 3.05) is 7.05 Å². The highest BCUT2D eigenvalue weighted by molar-refractivity contribution is 7.09. The molecule has 0 aliphatic rings. The Morgan fingerprint density at radius 3 is 2.56 bits per heavy atom. The highest BCUT2D eigenvalue weighted by Crippen LogP contribution is 2.28. The molecule has 0 fully saturated rings. The zero-order valence-electron chi connectivity index (χ0n) is 10.8. The van der Waals surface area contributed by atoms with Crippen LogP contribution in [-0.4, -0.2) is 12.0 Å². The summed E-state index contributed by atoms with van der Waals surface area (Å²) in [6.07, 6.45) is 0. The predicted molar refractivity (Wildman–Crippen MR) is 73.5 cm³/mol. The standard InChI is InChI=1S/C14H17FN2S/c1-9(2)12-8-18-14(17-12)13(16-3)10-6-4-5-7-11(10)15/h4-9,13,16H,1-3H3. The number of aromatic nitrogens is 1. The first-order valence-corrected chi connectivity index (χ1v) is 6.88. The number of hydrogen-bond acceptors (Lipinski definition) is 3. The summed E-state index contributed by atoms with van der Waals surface area (Å²) in [5, 5.41) is 6.09. The Balaban J connectivity index is 2.36. The molecule has 0 aliphatic heterocycles. The molecule has 0 saturated heterocycles. The van der Waals surface area contributed by atoms with Gasteiger partial charge in [-0.2, -0.15) is 0 Å². The minimum Gasteiger partial charge on any atom is -0.307 e. The van der Waals surface area contributed by atoms with Crippen molar-refractivity contribution in [2.45, 2.75) is 25.8 Å². The van der Waals surface area contributed by atoms with Crippen LogP contribution in [0.4, 0.5) is 4.39 Å². The molecule has 2 nitrogen and oxygen atoms in total. The zero-order chi connectivity index (χ0) is 13.1. The lowest BCUT2D eigenvalue weighted by Crippen LogP contribution is -2.18. The van der Waals surface area contributed by atoms with Gasteiger partial charge in [0.15, 0.2) is 0 Å². The summed E-state index contributed by atoms with van der Waals surface area (Å²) in [5.74, 6) is 0.200. The molecule has 0 saturated carbocycles. The number of thiazole rings is 1. The van der Waals surface area contributed by atoms with E-state index in [1.165, 1.54) is 6.07 Å². The van der Waals surface area contributed by atoms with Gasteiger partial charge in [0.1, 0.15) is 10.8 Å². The Hall–Kier alpha value is -1.26. The van der Waals surface area contributed by atoms with E-state index in [2.05, 4.69) is 24.1 Å². The molecule has 1 heterocycles. The van der Waals surface area contributed by atoms with E-state index >= 15 is 0 Å². The van der Waals surface area contributed by atoms with Crippen LogP contribution < -0.4 is 5.32 Å². The van der Waals surface area contributed by atoms with E-state index in [4.69, 9.17) is 0 Å². The average Bonchev–Trinajstić information content (AvgIpc) is 2.82. The summed E-state index contributed by atoms with van der Waals surface area (Å²) >= 11 is 1.57. The smallest absolute Gasteiger partial charge is 0.128 e. The van der Waals surface area contributed by atoms with Gasteiger partial charge in [-0.15, -0.1) is 11.3 Å². The van der Waals surface area contributed by atoms with E-state index in [0.717, 1.165) is 10.7 Å². The molecule has 2 aromatic rings. The molecule has 18 heavy (non-hydrogen) atoms. The largest absolute Gasteiger partial charge is 0.307 e. The van der Waals surface area contributed by atoms with Gasteiger partial charge < -0.3 is 5.32 Å². The summed E-state index contributed by atoms with van der Waals surface area (Å²) in [5.41, 5.74) is 1.70. The van der Waals surface area contributed by atoms with Crippen molar-refractivity contribution in [3.63, 3.8) is 0 Å². The van der Waals surface area contributed by atoms with Crippen molar-refractivity contribution < 1.29 is 4.39 Å². The molecule has 0 amide bonds. The van der Waals surface area contributed by atoms with E-state index in [9.17, 15) is 4.39 Å². The van der Waals surface area contributed by atoms with Crippen LogP contribution in [0.3, 0.4) is 0 Å². The molecule has 0 spiro atoms. The second-order valence-corrected chi connectivity index (χ2v) is 5.40. The second kappa shape index (κ2) is 5.59. The van der Waals surface area contributed by atoms with Crippen LogP contribution >= 0.6 is 11.3 Å². The van der Waals surface area contributed by atoms with Crippen LogP contribution in [0.5, 0.6) is 0 Å². The first-order valence-electron chi connectivity index (χ1n) is 6.00. The molecule has 0 aliphatic carbocycles. The topological polar surface area (TPSA) is 24.9 Å². The van der Waals surface area contributed by atoms with Crippen molar-refractivity contribution in [1.82, 2.24) is 10.3 Å². The van der Waals surface area contributed by atoms with Gasteiger partial charge in [0.05, 0.1) is 11.7 Å². The second-order valence-electron chi connectivity index (χ2n) is 4.51. The molecule has 1 unspecified atom stereocenters. The van der Waals surface area contributed by atoms with Gasteiger partial charge in [-0.25, -0.2) is 9.37 Å². The predicted octanol–water partition coefficient (Wildman–Crippen LogP) is 3.71. The van der Waals surface area contributed by atoms with E-state index in [1.54, 1.807) is 23.5 Å². The normalized spacial score (nSPS) is 12.9. The molecule has 4 heteroatoms. The van der Waals surface area contributed by atoms with Gasteiger partial charge in [-0.3, -0.25) is 0 Å². The number of halogens is 1. The number of nitrogens with one attached hydrogen (secondary N) is 1. The fourth-order valence-corrected chi connectivity index (χ4v) is 2.93. The maximum absolute atomic E-state index is 13.8. The fourth-order valence-electron chi connectivity index (χ4n) is 1.82. The monoisotopic (exact) mass is 264 g/mol. The third kappa shape index (κ3) is 2.60. The van der Waals surface area contributed by atoms with Gasteiger partial charge in [-0.1, -0.05) is 32.0 Å². The summed E-state index contributed by atoms with van der Waals surface area (Å²) in [4.78, 5) is 4.59. The molecule has 1 aromatic carbocycles. The van der Waals surface area contributed by atoms with Crippen LogP contribution in [0.25, 0.3) is 0 Å². The molecule has 96 valence electrons. The Labute approximate surface area is 111 Å². The van der Waals surface area contributed by atoms with Crippen LogP contribution in [0.2, 0.25) is 0 Å². The maximum Gasteiger partial charge on any atom is 0.128 e. The quantitative estimate of drug-likeness (QED) is 0.910.